The summed E-state index contributed by atoms with van der Waals surface area (Å²) in [5, 5.41) is 0. The first-order valence-corrected chi connectivity index (χ1v) is 15.5. The topological polar surface area (TPSA) is 84.6 Å². The van der Waals surface area contributed by atoms with E-state index in [2.05, 4.69) is 40.9 Å². The van der Waals surface area contributed by atoms with Crippen molar-refractivity contribution in [3.05, 3.63) is 64.2 Å². The molecule has 7 nitrogen and oxygen atoms in total. The smallest absolute Gasteiger partial charge is 0.249 e. The Morgan fingerprint density at radius 3 is 2.31 bits per heavy atom. The molecular weight excluding hydrogens is 522 g/mol. The third kappa shape index (κ3) is 8.78. The van der Waals surface area contributed by atoms with Crippen LogP contribution in [0.3, 0.4) is 0 Å². The van der Waals surface area contributed by atoms with Crippen LogP contribution in [0.1, 0.15) is 77.3 Å². The number of amides is 1. The number of hydrogen-bond acceptors (Lipinski definition) is 6. The van der Waals surface area contributed by atoms with E-state index in [9.17, 15) is 4.79 Å². The zero-order valence-electron chi connectivity index (χ0n) is 27.7. The lowest BCUT2D eigenvalue weighted by Gasteiger charge is -2.34. The summed E-state index contributed by atoms with van der Waals surface area (Å²) in [6.07, 6.45) is 12.6. The standard InChI is InChI=1S/C31H41N5O2.2C2H6/c1-20(17-27-21(2)33-14-11-26(27)28-18-29(38-6)30(32)34-22(28)3)19-36-15-12-24(13-16-36)23-7-9-25(10-8-23)31(37)35(4)5;2*1-2/h7,9,11,14,17-18,24H,8,10,12-13,15-16,19H2,1-6H3,(H2,32,34);2*1-2H3/b20-17+;;. The van der Waals surface area contributed by atoms with Crippen LogP contribution >= 0.6 is 0 Å². The van der Waals surface area contributed by atoms with Gasteiger partial charge in [0, 0.05) is 54.9 Å². The number of allylic oxidation sites excluding steroid dienone is 3. The third-order valence-electron chi connectivity index (χ3n) is 7.74. The molecule has 2 aromatic rings. The Bertz CT molecular complexity index is 1280. The highest BCUT2D eigenvalue weighted by atomic mass is 16.5. The zero-order chi connectivity index (χ0) is 31.4. The van der Waals surface area contributed by atoms with Gasteiger partial charge in [-0.15, -0.1) is 0 Å². The number of ether oxygens (including phenoxy) is 1. The van der Waals surface area contributed by atoms with Crippen LogP contribution in [-0.2, 0) is 4.79 Å². The van der Waals surface area contributed by atoms with Crippen LogP contribution in [0, 0.1) is 19.8 Å². The summed E-state index contributed by atoms with van der Waals surface area (Å²) in [4.78, 5) is 25.5. The van der Waals surface area contributed by atoms with Gasteiger partial charge in [0.25, 0.3) is 0 Å². The van der Waals surface area contributed by atoms with Crippen LogP contribution in [0.2, 0.25) is 0 Å². The van der Waals surface area contributed by atoms with Crippen molar-refractivity contribution in [3.8, 4) is 16.9 Å². The lowest BCUT2D eigenvalue weighted by Crippen LogP contribution is -2.35. The Morgan fingerprint density at radius 1 is 1.07 bits per heavy atom. The fourth-order valence-corrected chi connectivity index (χ4v) is 5.60. The lowest BCUT2D eigenvalue weighted by atomic mass is 9.83. The monoisotopic (exact) mass is 575 g/mol. The first kappa shape index (κ1) is 34.7. The molecule has 0 bridgehead atoms. The van der Waals surface area contributed by atoms with Crippen molar-refractivity contribution in [2.24, 2.45) is 5.92 Å². The van der Waals surface area contributed by atoms with Crippen molar-refractivity contribution < 1.29 is 9.53 Å². The Morgan fingerprint density at radius 2 is 1.74 bits per heavy atom. The minimum Gasteiger partial charge on any atom is -0.493 e. The Labute approximate surface area is 254 Å². The molecule has 0 spiro atoms. The third-order valence-corrected chi connectivity index (χ3v) is 7.74. The second kappa shape index (κ2) is 16.9. The molecule has 0 unspecified atom stereocenters. The van der Waals surface area contributed by atoms with Crippen LogP contribution in [0.5, 0.6) is 5.75 Å². The van der Waals surface area contributed by atoms with Gasteiger partial charge in [-0.2, -0.15) is 0 Å². The normalized spacial score (nSPS) is 15.8. The maximum atomic E-state index is 12.2. The number of pyridine rings is 2. The zero-order valence-corrected chi connectivity index (χ0v) is 27.7. The average molecular weight is 576 g/mol. The molecule has 1 aliphatic heterocycles. The molecule has 230 valence electrons. The van der Waals surface area contributed by atoms with Crippen molar-refractivity contribution in [2.75, 3.05) is 46.6 Å². The van der Waals surface area contributed by atoms with Crippen molar-refractivity contribution in [2.45, 2.75) is 74.1 Å². The number of anilines is 1. The van der Waals surface area contributed by atoms with Crippen molar-refractivity contribution in [1.82, 2.24) is 19.8 Å². The molecule has 4 rings (SSSR count). The number of piperidine rings is 1. The fourth-order valence-electron chi connectivity index (χ4n) is 5.60. The van der Waals surface area contributed by atoms with Crippen LogP contribution in [-0.4, -0.2) is 66.5 Å². The average Bonchev–Trinajstić information content (AvgIpc) is 3.00. The molecule has 2 aliphatic rings. The molecule has 0 saturated carbocycles. The van der Waals surface area contributed by atoms with Gasteiger partial charge in [0.05, 0.1) is 7.11 Å². The molecule has 7 heteroatoms. The number of methoxy groups -OCH3 is 1. The largest absolute Gasteiger partial charge is 0.493 e. The van der Waals surface area contributed by atoms with Crippen LogP contribution < -0.4 is 10.5 Å². The maximum Gasteiger partial charge on any atom is 0.249 e. The lowest BCUT2D eigenvalue weighted by molar-refractivity contribution is -0.124. The summed E-state index contributed by atoms with van der Waals surface area (Å²) in [5.41, 5.74) is 14.8. The molecule has 1 amide bonds. The number of aromatic nitrogens is 2. The first-order chi connectivity index (χ1) is 20.2. The number of aryl methyl sites for hydroxylation is 2. The number of carbonyl (C=O) groups is 1. The first-order valence-electron chi connectivity index (χ1n) is 15.5. The fraction of sp³-hybridized carbons (Fsp3) is 0.514. The second-order valence-electron chi connectivity index (χ2n) is 10.7. The highest BCUT2D eigenvalue weighted by Gasteiger charge is 2.25. The van der Waals surface area contributed by atoms with Gasteiger partial charge in [0.2, 0.25) is 5.91 Å². The minimum atomic E-state index is 0.131. The number of carbonyl (C=O) groups excluding carboxylic acids is 1. The van der Waals surface area contributed by atoms with Gasteiger partial charge in [-0.05, 0) is 83.2 Å². The van der Waals surface area contributed by atoms with E-state index in [0.29, 0.717) is 17.5 Å². The highest BCUT2D eigenvalue weighted by Crippen LogP contribution is 2.35. The van der Waals surface area contributed by atoms with E-state index >= 15 is 0 Å². The summed E-state index contributed by atoms with van der Waals surface area (Å²) in [7, 11) is 5.25. The summed E-state index contributed by atoms with van der Waals surface area (Å²) < 4.78 is 5.44. The molecule has 2 aromatic heterocycles. The van der Waals surface area contributed by atoms with Gasteiger partial charge in [0.15, 0.2) is 11.6 Å². The van der Waals surface area contributed by atoms with Crippen LogP contribution in [0.4, 0.5) is 5.82 Å². The summed E-state index contributed by atoms with van der Waals surface area (Å²) in [5.74, 6) is 1.73. The molecule has 3 heterocycles. The van der Waals surface area contributed by atoms with Gasteiger partial charge in [-0.3, -0.25) is 14.7 Å². The van der Waals surface area contributed by atoms with E-state index in [1.807, 2.05) is 73.1 Å². The number of likely N-dealkylation sites (N-methyl/N-ethyl adjacent to an activating group) is 1. The Kier molecular flexibility index (Phi) is 13.9. The van der Waals surface area contributed by atoms with E-state index in [4.69, 9.17) is 10.5 Å². The SMILES string of the molecule is CC.CC.COc1cc(-c2ccnc(C)c2/C=C(\C)CN2CCC(C3=CC=C(C(=O)N(C)C)CC3)CC2)c(C)nc1N. The van der Waals surface area contributed by atoms with Gasteiger partial charge in [0.1, 0.15) is 0 Å². The van der Waals surface area contributed by atoms with Gasteiger partial charge < -0.3 is 15.4 Å². The molecule has 1 fully saturated rings. The van der Waals surface area contributed by atoms with Crippen molar-refractivity contribution in [3.63, 3.8) is 0 Å². The number of nitrogen functional groups attached to an aromatic ring is 1. The van der Waals surface area contributed by atoms with Crippen LogP contribution in [0.25, 0.3) is 17.2 Å². The number of hydrogen-bond donors (Lipinski definition) is 1. The second-order valence-corrected chi connectivity index (χ2v) is 10.7. The number of nitrogens with two attached hydrogens (primary N) is 1. The van der Waals surface area contributed by atoms with Crippen LogP contribution in [0.15, 0.2) is 47.2 Å². The predicted octanol–water partition coefficient (Wildman–Crippen LogP) is 7.25. The molecule has 0 atom stereocenters. The molecule has 0 aromatic carbocycles. The minimum absolute atomic E-state index is 0.131. The number of likely N-dealkylation sites (tertiary alicyclic amines) is 1. The highest BCUT2D eigenvalue weighted by molar-refractivity contribution is 5.93. The molecule has 2 N–H and O–H groups in total. The summed E-state index contributed by atoms with van der Waals surface area (Å²) in [6.45, 7) is 17.3. The van der Waals surface area contributed by atoms with E-state index in [1.54, 1.807) is 12.0 Å². The van der Waals surface area contributed by atoms with E-state index in [0.717, 1.165) is 79.0 Å². The van der Waals surface area contributed by atoms with Gasteiger partial charge in [-0.25, -0.2) is 4.98 Å². The Hall–Kier alpha value is -3.45. The molecule has 1 aliphatic carbocycles. The molecule has 1 saturated heterocycles. The molecule has 42 heavy (non-hydrogen) atoms. The van der Waals surface area contributed by atoms with E-state index in [1.165, 1.54) is 11.1 Å². The van der Waals surface area contributed by atoms with Crippen molar-refractivity contribution >= 4 is 17.8 Å². The maximum absolute atomic E-state index is 12.2. The summed E-state index contributed by atoms with van der Waals surface area (Å²) >= 11 is 0. The Balaban J connectivity index is 0.00000148. The summed E-state index contributed by atoms with van der Waals surface area (Å²) in [6, 6.07) is 4.01. The van der Waals surface area contributed by atoms with Gasteiger partial charge in [-0.1, -0.05) is 57.1 Å². The quantitative estimate of drug-likeness (QED) is 0.374. The molecule has 0 radical (unpaired) electrons. The van der Waals surface area contributed by atoms with Crippen molar-refractivity contribution in [1.29, 1.82) is 0 Å². The number of rotatable bonds is 7. The molecular formula is C35H53N5O2. The van der Waals surface area contributed by atoms with E-state index < -0.39 is 0 Å². The van der Waals surface area contributed by atoms with Gasteiger partial charge >= 0.3 is 0 Å². The predicted molar refractivity (Wildman–Crippen MR) is 178 cm³/mol. The number of nitrogens with zero attached hydrogens (tertiary/aromatic N) is 4. The van der Waals surface area contributed by atoms with E-state index in [-0.39, 0.29) is 5.91 Å².